The molecule has 0 bridgehead atoms. The zero-order valence-corrected chi connectivity index (χ0v) is 19.3. The van der Waals surface area contributed by atoms with Crippen molar-refractivity contribution in [2.45, 2.75) is 130 Å². The summed E-state index contributed by atoms with van der Waals surface area (Å²) in [5, 5.41) is 3.54. The van der Waals surface area contributed by atoms with Crippen molar-refractivity contribution in [1.29, 1.82) is 0 Å². The van der Waals surface area contributed by atoms with Crippen LogP contribution in [0.3, 0.4) is 0 Å². The quantitative estimate of drug-likeness (QED) is 0.216. The molecule has 0 saturated carbocycles. The lowest BCUT2D eigenvalue weighted by Crippen LogP contribution is -2.28. The van der Waals surface area contributed by atoms with Crippen LogP contribution in [0.15, 0.2) is 12.2 Å². The fraction of sp³-hybridized carbons (Fsp3) is 0.885. The number of allylic oxidation sites excluding steroid dienone is 2. The Bertz CT molecular complexity index is 391. The van der Waals surface area contributed by atoms with Gasteiger partial charge in [-0.3, -0.25) is 4.79 Å². The Morgan fingerprint density at radius 2 is 1.39 bits per heavy atom. The molecule has 0 aromatic carbocycles. The molecular weight excluding hydrogens is 342 g/mol. The zero-order chi connectivity index (χ0) is 20.5. The van der Waals surface area contributed by atoms with Gasteiger partial charge in [0.2, 0.25) is 0 Å². The van der Waals surface area contributed by atoms with E-state index < -0.39 is 0 Å². The van der Waals surface area contributed by atoms with Crippen molar-refractivity contribution in [2.24, 2.45) is 11.8 Å². The molecule has 0 aromatic rings. The number of hydrogen-bond donors (Lipinski definition) is 1. The second kappa shape index (κ2) is 17.2. The van der Waals surface area contributed by atoms with Crippen LogP contribution in [0, 0.1) is 11.8 Å². The van der Waals surface area contributed by atoms with Gasteiger partial charge in [-0.2, -0.15) is 0 Å². The molecule has 1 fully saturated rings. The molecule has 3 atom stereocenters. The second-order valence-electron chi connectivity index (χ2n) is 9.38. The highest BCUT2D eigenvalue weighted by Crippen LogP contribution is 2.24. The van der Waals surface area contributed by atoms with E-state index in [-0.39, 0.29) is 0 Å². The minimum absolute atomic E-state index is 0.304. The van der Waals surface area contributed by atoms with Crippen molar-refractivity contribution in [3.8, 4) is 0 Å². The second-order valence-corrected chi connectivity index (χ2v) is 9.38. The summed E-state index contributed by atoms with van der Waals surface area (Å²) >= 11 is 0. The summed E-state index contributed by atoms with van der Waals surface area (Å²) < 4.78 is 0. The van der Waals surface area contributed by atoms with E-state index >= 15 is 0 Å². The number of unbranched alkanes of at least 4 members (excludes halogenated alkanes) is 11. The molecule has 2 nitrogen and oxygen atoms in total. The number of carbonyl (C=O) groups excluding carboxylic acids is 1. The van der Waals surface area contributed by atoms with Crippen molar-refractivity contribution in [2.75, 3.05) is 6.54 Å². The Morgan fingerprint density at radius 3 is 2.04 bits per heavy atom. The fourth-order valence-electron chi connectivity index (χ4n) is 4.41. The summed E-state index contributed by atoms with van der Waals surface area (Å²) in [6.07, 6.45) is 24.8. The number of hydrogen-bond acceptors (Lipinski definition) is 2. The predicted octanol–water partition coefficient (Wildman–Crippen LogP) is 7.62. The van der Waals surface area contributed by atoms with Crippen LogP contribution in [0.2, 0.25) is 0 Å². The molecule has 1 N–H and O–H groups in total. The van der Waals surface area contributed by atoms with Gasteiger partial charge in [0.15, 0.2) is 0 Å². The molecule has 0 aromatic heterocycles. The van der Waals surface area contributed by atoms with Crippen LogP contribution in [-0.4, -0.2) is 18.4 Å². The van der Waals surface area contributed by atoms with Gasteiger partial charge in [-0.15, -0.1) is 0 Å². The lowest BCUT2D eigenvalue weighted by molar-refractivity contribution is -0.123. The molecule has 0 radical (unpaired) electrons. The van der Waals surface area contributed by atoms with Gasteiger partial charge in [-0.1, -0.05) is 77.4 Å². The van der Waals surface area contributed by atoms with Gasteiger partial charge in [-0.05, 0) is 64.3 Å². The smallest absolute Gasteiger partial charge is 0.136 e. The average Bonchev–Trinajstić information content (AvgIpc) is 2.85. The Kier molecular flexibility index (Phi) is 15.6. The van der Waals surface area contributed by atoms with E-state index in [1.165, 1.54) is 77.0 Å². The lowest BCUT2D eigenvalue weighted by Gasteiger charge is -2.16. The molecule has 1 aliphatic heterocycles. The summed E-state index contributed by atoms with van der Waals surface area (Å²) in [5.74, 6) is 1.47. The van der Waals surface area contributed by atoms with Crippen molar-refractivity contribution in [3.05, 3.63) is 12.2 Å². The van der Waals surface area contributed by atoms with Gasteiger partial charge in [0, 0.05) is 18.4 Å². The maximum atomic E-state index is 12.5. The van der Waals surface area contributed by atoms with E-state index in [0.717, 1.165) is 32.2 Å². The van der Waals surface area contributed by atoms with Crippen molar-refractivity contribution in [3.63, 3.8) is 0 Å². The topological polar surface area (TPSA) is 29.1 Å². The van der Waals surface area contributed by atoms with Gasteiger partial charge in [0.25, 0.3) is 0 Å². The molecule has 0 spiro atoms. The standard InChI is InChI=1S/C26H49NO/c1-4-5-6-7-8-9-10-11-12-13-14-15-16-17-18-19-26(28)25-20-23(2)22-27-24(3)21-25/h10-11,23-25,27H,4-9,12-22H2,1-3H3/b11-10+. The first-order valence-electron chi connectivity index (χ1n) is 12.5. The first kappa shape index (κ1) is 25.4. The molecular formula is C26H49NO. The van der Waals surface area contributed by atoms with E-state index in [4.69, 9.17) is 0 Å². The summed E-state index contributed by atoms with van der Waals surface area (Å²) in [7, 11) is 0. The molecule has 0 amide bonds. The monoisotopic (exact) mass is 391 g/mol. The Balaban J connectivity index is 1.91. The van der Waals surface area contributed by atoms with E-state index in [0.29, 0.717) is 23.7 Å². The van der Waals surface area contributed by atoms with Crippen LogP contribution in [0.25, 0.3) is 0 Å². The number of carbonyl (C=O) groups is 1. The Labute approximate surface area is 176 Å². The van der Waals surface area contributed by atoms with Gasteiger partial charge in [0.05, 0.1) is 0 Å². The molecule has 0 aliphatic carbocycles. The van der Waals surface area contributed by atoms with E-state index in [1.807, 2.05) is 0 Å². The highest BCUT2D eigenvalue weighted by atomic mass is 16.1. The normalized spacial score (nSPS) is 23.2. The fourth-order valence-corrected chi connectivity index (χ4v) is 4.41. The summed E-state index contributed by atoms with van der Waals surface area (Å²) in [6, 6.07) is 0.494. The molecule has 2 heteroatoms. The van der Waals surface area contributed by atoms with Crippen LogP contribution in [-0.2, 0) is 4.79 Å². The number of Topliss-reactive ketones (excluding diaryl/α,β-unsaturated/α-hetero) is 1. The minimum atomic E-state index is 0.304. The Morgan fingerprint density at radius 1 is 0.821 bits per heavy atom. The number of ketones is 1. The summed E-state index contributed by atoms with van der Waals surface area (Å²) in [5.41, 5.74) is 0. The van der Waals surface area contributed by atoms with Crippen molar-refractivity contribution >= 4 is 5.78 Å². The van der Waals surface area contributed by atoms with E-state index in [2.05, 4.69) is 38.2 Å². The lowest BCUT2D eigenvalue weighted by atomic mass is 9.87. The van der Waals surface area contributed by atoms with Crippen molar-refractivity contribution < 1.29 is 4.79 Å². The molecule has 1 rings (SSSR count). The van der Waals surface area contributed by atoms with E-state index in [9.17, 15) is 4.79 Å². The maximum absolute atomic E-state index is 12.5. The van der Waals surface area contributed by atoms with Crippen LogP contribution < -0.4 is 5.32 Å². The van der Waals surface area contributed by atoms with Gasteiger partial charge in [0.1, 0.15) is 5.78 Å². The molecule has 28 heavy (non-hydrogen) atoms. The largest absolute Gasteiger partial charge is 0.314 e. The molecule has 164 valence electrons. The third kappa shape index (κ3) is 13.5. The SMILES string of the molecule is CCCCCCC/C=C/CCCCCCCCC(=O)C1CC(C)CNC(C)C1. The molecule has 3 unspecified atom stereocenters. The zero-order valence-electron chi connectivity index (χ0n) is 19.3. The minimum Gasteiger partial charge on any atom is -0.314 e. The summed E-state index contributed by atoms with van der Waals surface area (Å²) in [6.45, 7) is 7.84. The highest BCUT2D eigenvalue weighted by molar-refractivity contribution is 5.81. The van der Waals surface area contributed by atoms with Crippen LogP contribution in [0.4, 0.5) is 0 Å². The van der Waals surface area contributed by atoms with Gasteiger partial charge in [-0.25, -0.2) is 0 Å². The first-order valence-corrected chi connectivity index (χ1v) is 12.5. The average molecular weight is 392 g/mol. The molecule has 1 heterocycles. The van der Waals surface area contributed by atoms with Crippen molar-refractivity contribution in [1.82, 2.24) is 5.32 Å². The van der Waals surface area contributed by atoms with Crippen LogP contribution >= 0.6 is 0 Å². The maximum Gasteiger partial charge on any atom is 0.136 e. The number of nitrogens with one attached hydrogen (secondary N) is 1. The van der Waals surface area contributed by atoms with E-state index in [1.54, 1.807) is 0 Å². The molecule has 1 saturated heterocycles. The first-order chi connectivity index (χ1) is 13.6. The molecule has 1 aliphatic rings. The third-order valence-electron chi connectivity index (χ3n) is 6.28. The predicted molar refractivity (Wildman–Crippen MR) is 124 cm³/mol. The van der Waals surface area contributed by atoms with Gasteiger partial charge < -0.3 is 5.32 Å². The Hall–Kier alpha value is -0.630. The third-order valence-corrected chi connectivity index (χ3v) is 6.28. The van der Waals surface area contributed by atoms with Crippen LogP contribution in [0.1, 0.15) is 124 Å². The van der Waals surface area contributed by atoms with Gasteiger partial charge >= 0.3 is 0 Å². The summed E-state index contributed by atoms with van der Waals surface area (Å²) in [4.78, 5) is 12.5. The number of rotatable bonds is 16. The van der Waals surface area contributed by atoms with Crippen LogP contribution in [0.5, 0.6) is 0 Å². The highest BCUT2D eigenvalue weighted by Gasteiger charge is 2.25.